The molecule has 1 heterocycles. The minimum atomic E-state index is 0.141. The standard InChI is InChI=1S/C15H21NO2/c17-15(16-10-5-2-6-11-16)13-18-12-9-14-7-3-1-4-8-14/h1,3-4,7-8H,2,5-6,9-13H2. The summed E-state index contributed by atoms with van der Waals surface area (Å²) in [4.78, 5) is 13.7. The van der Waals surface area contributed by atoms with Gasteiger partial charge in [-0.15, -0.1) is 0 Å². The predicted molar refractivity (Wildman–Crippen MR) is 71.4 cm³/mol. The Morgan fingerprint density at radius 2 is 1.83 bits per heavy atom. The molecule has 0 radical (unpaired) electrons. The summed E-state index contributed by atoms with van der Waals surface area (Å²) < 4.78 is 5.46. The SMILES string of the molecule is O=C(COCCc1ccccc1)N1CCCCC1. The van der Waals surface area contributed by atoms with E-state index in [0.29, 0.717) is 6.61 Å². The normalized spacial score (nSPS) is 15.7. The van der Waals surface area contributed by atoms with Crippen LogP contribution in [0.3, 0.4) is 0 Å². The van der Waals surface area contributed by atoms with Crippen molar-refractivity contribution in [2.45, 2.75) is 25.7 Å². The smallest absolute Gasteiger partial charge is 0.248 e. The number of piperidine rings is 1. The second kappa shape index (κ2) is 7.17. The molecule has 1 fully saturated rings. The van der Waals surface area contributed by atoms with Crippen LogP contribution in [-0.2, 0) is 16.0 Å². The Morgan fingerprint density at radius 3 is 2.56 bits per heavy atom. The first kappa shape index (κ1) is 13.1. The van der Waals surface area contributed by atoms with E-state index in [9.17, 15) is 4.79 Å². The fraction of sp³-hybridized carbons (Fsp3) is 0.533. The van der Waals surface area contributed by atoms with Crippen LogP contribution in [0.25, 0.3) is 0 Å². The van der Waals surface area contributed by atoms with Gasteiger partial charge in [-0.1, -0.05) is 30.3 Å². The molecule has 0 atom stereocenters. The van der Waals surface area contributed by atoms with Gasteiger partial charge >= 0.3 is 0 Å². The third kappa shape index (κ3) is 4.15. The van der Waals surface area contributed by atoms with Crippen molar-refractivity contribution >= 4 is 5.91 Å². The Morgan fingerprint density at radius 1 is 1.11 bits per heavy atom. The number of hydrogen-bond acceptors (Lipinski definition) is 2. The first-order valence-corrected chi connectivity index (χ1v) is 6.76. The van der Waals surface area contributed by atoms with E-state index in [4.69, 9.17) is 4.74 Å². The van der Waals surface area contributed by atoms with E-state index in [-0.39, 0.29) is 12.5 Å². The zero-order valence-corrected chi connectivity index (χ0v) is 10.8. The van der Waals surface area contributed by atoms with Crippen LogP contribution < -0.4 is 0 Å². The highest BCUT2D eigenvalue weighted by atomic mass is 16.5. The zero-order valence-electron chi connectivity index (χ0n) is 10.8. The minimum absolute atomic E-state index is 0.141. The highest BCUT2D eigenvalue weighted by Gasteiger charge is 2.15. The van der Waals surface area contributed by atoms with Gasteiger partial charge in [-0.25, -0.2) is 0 Å². The fourth-order valence-corrected chi connectivity index (χ4v) is 2.23. The summed E-state index contributed by atoms with van der Waals surface area (Å²) >= 11 is 0. The van der Waals surface area contributed by atoms with E-state index in [1.165, 1.54) is 12.0 Å². The second-order valence-electron chi connectivity index (χ2n) is 4.73. The Balaban J connectivity index is 1.61. The van der Waals surface area contributed by atoms with Gasteiger partial charge in [0.15, 0.2) is 0 Å². The van der Waals surface area contributed by atoms with E-state index < -0.39 is 0 Å². The molecule has 1 aromatic carbocycles. The van der Waals surface area contributed by atoms with E-state index >= 15 is 0 Å². The van der Waals surface area contributed by atoms with Crippen LogP contribution in [0.1, 0.15) is 24.8 Å². The van der Waals surface area contributed by atoms with Crippen LogP contribution in [0.4, 0.5) is 0 Å². The van der Waals surface area contributed by atoms with Gasteiger partial charge in [-0.2, -0.15) is 0 Å². The molecule has 1 aliphatic heterocycles. The van der Waals surface area contributed by atoms with E-state index in [0.717, 1.165) is 32.4 Å². The van der Waals surface area contributed by atoms with Crippen LogP contribution in [-0.4, -0.2) is 37.1 Å². The first-order valence-electron chi connectivity index (χ1n) is 6.76. The molecule has 1 aliphatic rings. The van der Waals surface area contributed by atoms with E-state index in [2.05, 4.69) is 12.1 Å². The van der Waals surface area contributed by atoms with Gasteiger partial charge < -0.3 is 9.64 Å². The predicted octanol–water partition coefficient (Wildman–Crippen LogP) is 2.26. The van der Waals surface area contributed by atoms with Crippen molar-refractivity contribution in [3.8, 4) is 0 Å². The van der Waals surface area contributed by atoms with Crippen molar-refractivity contribution in [1.29, 1.82) is 0 Å². The van der Waals surface area contributed by atoms with Crippen LogP contribution >= 0.6 is 0 Å². The van der Waals surface area contributed by atoms with Crippen LogP contribution in [0.2, 0.25) is 0 Å². The van der Waals surface area contributed by atoms with Gasteiger partial charge in [-0.3, -0.25) is 4.79 Å². The topological polar surface area (TPSA) is 29.5 Å². The number of nitrogens with zero attached hydrogens (tertiary/aromatic N) is 1. The van der Waals surface area contributed by atoms with Crippen molar-refractivity contribution in [3.05, 3.63) is 35.9 Å². The molecule has 3 heteroatoms. The molecule has 18 heavy (non-hydrogen) atoms. The van der Waals surface area contributed by atoms with Gasteiger partial charge in [0.1, 0.15) is 6.61 Å². The van der Waals surface area contributed by atoms with Crippen molar-refractivity contribution in [1.82, 2.24) is 4.90 Å². The largest absolute Gasteiger partial charge is 0.371 e. The van der Waals surface area contributed by atoms with Gasteiger partial charge in [-0.05, 0) is 31.2 Å². The molecule has 0 aliphatic carbocycles. The zero-order chi connectivity index (χ0) is 12.6. The summed E-state index contributed by atoms with van der Waals surface area (Å²) in [6.45, 7) is 2.65. The minimum Gasteiger partial charge on any atom is -0.371 e. The molecule has 2 rings (SSSR count). The lowest BCUT2D eigenvalue weighted by Crippen LogP contribution is -2.38. The fourth-order valence-electron chi connectivity index (χ4n) is 2.23. The molecule has 0 spiro atoms. The number of likely N-dealkylation sites (tertiary alicyclic amines) is 1. The third-order valence-electron chi connectivity index (χ3n) is 3.31. The lowest BCUT2D eigenvalue weighted by atomic mass is 10.1. The number of hydrogen-bond donors (Lipinski definition) is 0. The highest BCUT2D eigenvalue weighted by molar-refractivity contribution is 5.77. The average Bonchev–Trinajstić information content (AvgIpc) is 2.45. The van der Waals surface area contributed by atoms with Crippen molar-refractivity contribution in [2.75, 3.05) is 26.3 Å². The third-order valence-corrected chi connectivity index (χ3v) is 3.31. The summed E-state index contributed by atoms with van der Waals surface area (Å²) in [5, 5.41) is 0. The molecular weight excluding hydrogens is 226 g/mol. The van der Waals surface area contributed by atoms with Crippen LogP contribution in [0.5, 0.6) is 0 Å². The van der Waals surface area contributed by atoms with Crippen LogP contribution in [0.15, 0.2) is 30.3 Å². The highest BCUT2D eigenvalue weighted by Crippen LogP contribution is 2.08. The molecule has 0 unspecified atom stereocenters. The summed E-state index contributed by atoms with van der Waals surface area (Å²) in [7, 11) is 0. The Hall–Kier alpha value is -1.35. The number of carbonyl (C=O) groups is 1. The Labute approximate surface area is 109 Å². The van der Waals surface area contributed by atoms with Gasteiger partial charge in [0.05, 0.1) is 6.61 Å². The Kier molecular flexibility index (Phi) is 5.21. The number of ether oxygens (including phenoxy) is 1. The van der Waals surface area contributed by atoms with Crippen LogP contribution in [0, 0.1) is 0 Å². The van der Waals surface area contributed by atoms with E-state index in [1.807, 2.05) is 23.1 Å². The number of carbonyl (C=O) groups excluding carboxylic acids is 1. The Bertz CT molecular complexity index is 358. The maximum absolute atomic E-state index is 11.8. The van der Waals surface area contributed by atoms with Crippen molar-refractivity contribution in [3.63, 3.8) is 0 Å². The maximum atomic E-state index is 11.8. The monoisotopic (exact) mass is 247 g/mol. The maximum Gasteiger partial charge on any atom is 0.248 e. The summed E-state index contributed by atoms with van der Waals surface area (Å²) in [5.41, 5.74) is 1.25. The molecule has 0 bridgehead atoms. The summed E-state index contributed by atoms with van der Waals surface area (Å²) in [5.74, 6) is 0.141. The van der Waals surface area contributed by atoms with Crippen molar-refractivity contribution in [2.24, 2.45) is 0 Å². The van der Waals surface area contributed by atoms with Gasteiger partial charge in [0, 0.05) is 13.1 Å². The molecule has 3 nitrogen and oxygen atoms in total. The van der Waals surface area contributed by atoms with Gasteiger partial charge in [0.2, 0.25) is 5.91 Å². The number of rotatable bonds is 5. The summed E-state index contributed by atoms with van der Waals surface area (Å²) in [6.07, 6.45) is 4.39. The molecule has 0 aromatic heterocycles. The van der Waals surface area contributed by atoms with Crippen molar-refractivity contribution < 1.29 is 9.53 Å². The van der Waals surface area contributed by atoms with E-state index in [1.54, 1.807) is 0 Å². The molecule has 1 aromatic rings. The lowest BCUT2D eigenvalue weighted by Gasteiger charge is -2.26. The molecular formula is C15H21NO2. The van der Waals surface area contributed by atoms with Gasteiger partial charge in [0.25, 0.3) is 0 Å². The second-order valence-corrected chi connectivity index (χ2v) is 4.73. The molecule has 0 saturated carbocycles. The molecule has 1 amide bonds. The number of amides is 1. The molecule has 1 saturated heterocycles. The molecule has 98 valence electrons. The summed E-state index contributed by atoms with van der Waals surface area (Å²) in [6, 6.07) is 10.2. The molecule has 0 N–H and O–H groups in total. The first-order chi connectivity index (χ1) is 8.86. The lowest BCUT2D eigenvalue weighted by molar-refractivity contribution is -0.137. The quantitative estimate of drug-likeness (QED) is 0.747. The number of benzene rings is 1. The average molecular weight is 247 g/mol.